The van der Waals surface area contributed by atoms with Crippen LogP contribution in [0.1, 0.15) is 40.0 Å². The minimum atomic E-state index is -5.10. The van der Waals surface area contributed by atoms with Gasteiger partial charge in [-0.15, -0.1) is 0 Å². The lowest BCUT2D eigenvalue weighted by Crippen LogP contribution is -2.39. The van der Waals surface area contributed by atoms with E-state index in [9.17, 15) is 33.5 Å². The summed E-state index contributed by atoms with van der Waals surface area (Å²) in [4.78, 5) is 37.3. The molecule has 12 nitrogen and oxygen atoms in total. The lowest BCUT2D eigenvalue weighted by atomic mass is 9.87. The third-order valence-electron chi connectivity index (χ3n) is 6.54. The van der Waals surface area contributed by atoms with Crippen molar-refractivity contribution in [3.8, 4) is 0 Å². The molecule has 0 fully saturated rings. The predicted molar refractivity (Wildman–Crippen MR) is 132 cm³/mol. The van der Waals surface area contributed by atoms with Crippen LogP contribution in [0.4, 0.5) is 0 Å². The molecule has 0 bridgehead atoms. The van der Waals surface area contributed by atoms with Gasteiger partial charge in [0.2, 0.25) is 0 Å². The quantitative estimate of drug-likeness (QED) is 0.271. The molecular formula is C23H36O12P3-3. The number of aliphatic hydroxyl groups is 1. The largest absolute Gasteiger partial charge is 0.779 e. The molecule has 0 radical (unpaired) electrons. The Kier molecular flexibility index (Phi) is 11.0. The molecular weight excluding hydrogens is 561 g/mol. The molecule has 12 unspecified atom stereocenters. The molecule has 3 aliphatic carbocycles. The summed E-state index contributed by atoms with van der Waals surface area (Å²) in [5, 5.41) is 9.57. The lowest BCUT2D eigenvalue weighted by Gasteiger charge is -2.41. The number of aliphatic hydroxyl groups excluding tert-OH is 1. The van der Waals surface area contributed by atoms with E-state index in [2.05, 4.69) is 0 Å². The van der Waals surface area contributed by atoms with E-state index in [0.29, 0.717) is 6.42 Å². The Balaban J connectivity index is 1.70. The van der Waals surface area contributed by atoms with Crippen LogP contribution in [0.2, 0.25) is 0 Å². The Morgan fingerprint density at radius 1 is 0.658 bits per heavy atom. The molecule has 0 aromatic rings. The van der Waals surface area contributed by atoms with E-state index in [1.807, 2.05) is 19.9 Å². The molecule has 218 valence electrons. The van der Waals surface area contributed by atoms with Gasteiger partial charge in [-0.05, 0) is 37.0 Å². The first-order chi connectivity index (χ1) is 17.6. The first kappa shape index (κ1) is 32.1. The fourth-order valence-electron chi connectivity index (χ4n) is 4.72. The Hall–Kier alpha value is -0.450. The van der Waals surface area contributed by atoms with Gasteiger partial charge in [0.1, 0.15) is 19.8 Å². The second kappa shape index (κ2) is 13.0. The monoisotopic (exact) mass is 597 g/mol. The summed E-state index contributed by atoms with van der Waals surface area (Å²) in [6.45, 7) is 6.06. The minimum absolute atomic E-state index is 0.0330. The normalized spacial score (nSPS) is 40.3. The summed E-state index contributed by atoms with van der Waals surface area (Å²) in [5.41, 5.74) is 0. The number of allylic oxidation sites excluding steroid dienone is 3. The van der Waals surface area contributed by atoms with Crippen LogP contribution >= 0.6 is 23.2 Å². The predicted octanol–water partition coefficient (Wildman–Crippen LogP) is 2.43. The van der Waals surface area contributed by atoms with Gasteiger partial charge in [-0.2, -0.15) is 0 Å². The van der Waals surface area contributed by atoms with E-state index >= 15 is 0 Å². The van der Waals surface area contributed by atoms with Gasteiger partial charge in [0.15, 0.2) is 0 Å². The van der Waals surface area contributed by atoms with Gasteiger partial charge in [-0.3, -0.25) is 9.13 Å². The Morgan fingerprint density at radius 3 is 1.50 bits per heavy atom. The highest BCUT2D eigenvalue weighted by Crippen LogP contribution is 2.51. The van der Waals surface area contributed by atoms with Crippen molar-refractivity contribution in [3.05, 3.63) is 36.5 Å². The third kappa shape index (κ3) is 9.88. The molecule has 0 aromatic heterocycles. The van der Waals surface area contributed by atoms with Crippen LogP contribution in [0.3, 0.4) is 0 Å². The van der Waals surface area contributed by atoms with Gasteiger partial charge >= 0.3 is 0 Å². The zero-order valence-electron chi connectivity index (χ0n) is 21.8. The van der Waals surface area contributed by atoms with E-state index in [1.54, 1.807) is 25.2 Å². The number of hydrogen-bond donors (Lipinski definition) is 1. The van der Waals surface area contributed by atoms with Crippen molar-refractivity contribution < 1.29 is 56.1 Å². The van der Waals surface area contributed by atoms with E-state index < -0.39 is 59.7 Å². The molecule has 3 aliphatic rings. The second-order valence-corrected chi connectivity index (χ2v) is 14.8. The number of phosphoric acid groups is 2. The first-order valence-electron chi connectivity index (χ1n) is 12.5. The molecule has 0 aliphatic heterocycles. The number of hydrogen-bond acceptors (Lipinski definition) is 12. The van der Waals surface area contributed by atoms with Gasteiger partial charge in [0, 0.05) is 12.6 Å². The highest BCUT2D eigenvalue weighted by molar-refractivity contribution is 7.50. The highest BCUT2D eigenvalue weighted by Gasteiger charge is 2.37. The molecule has 12 atom stereocenters. The van der Waals surface area contributed by atoms with E-state index in [4.69, 9.17) is 22.6 Å². The summed E-state index contributed by atoms with van der Waals surface area (Å²) in [7, 11) is -14.3. The van der Waals surface area contributed by atoms with Crippen molar-refractivity contribution in [2.24, 2.45) is 23.7 Å². The maximum absolute atomic E-state index is 12.9. The standard InChI is InChI=1S/C23H39O12P3/c1-15-5-8-18(14-24)21(11-15)34-37(27,28)33-20-10-7-17(3)13-23(20)35-38(29,30)32-19-9-6-16(2)12-22(19)31-36(4,25)26/h5-10,15-24H,11-14H2,1-4H3,(H,25,26)(H,27,28)(H,29,30)/p-3. The molecule has 1 N–H and O–H groups in total. The molecule has 0 aromatic carbocycles. The zero-order valence-corrected chi connectivity index (χ0v) is 24.5. The fourth-order valence-corrected chi connectivity index (χ4v) is 7.64. The van der Waals surface area contributed by atoms with Crippen LogP contribution < -0.4 is 14.7 Å². The lowest BCUT2D eigenvalue weighted by molar-refractivity contribution is -0.249. The average Bonchev–Trinajstić information content (AvgIpc) is 2.76. The van der Waals surface area contributed by atoms with Crippen molar-refractivity contribution in [1.29, 1.82) is 0 Å². The molecule has 0 saturated heterocycles. The van der Waals surface area contributed by atoms with Gasteiger partial charge in [-0.25, -0.2) is 0 Å². The van der Waals surface area contributed by atoms with Gasteiger partial charge in [-0.1, -0.05) is 57.2 Å². The van der Waals surface area contributed by atoms with Crippen molar-refractivity contribution in [2.45, 2.75) is 70.6 Å². The summed E-state index contributed by atoms with van der Waals surface area (Å²) in [5.74, 6) is -0.728. The molecule has 0 saturated carbocycles. The maximum Gasteiger partial charge on any atom is 0.268 e. The first-order valence-corrected chi connectivity index (χ1v) is 17.5. The number of phosphoric ester groups is 2. The fraction of sp³-hybridized carbons (Fsp3) is 0.739. The van der Waals surface area contributed by atoms with Crippen LogP contribution in [-0.4, -0.2) is 48.9 Å². The van der Waals surface area contributed by atoms with Crippen LogP contribution in [0, 0.1) is 23.7 Å². The van der Waals surface area contributed by atoms with Crippen LogP contribution in [0.25, 0.3) is 0 Å². The Bertz CT molecular complexity index is 1040. The summed E-state index contributed by atoms with van der Waals surface area (Å²) >= 11 is 0. The molecule has 3 rings (SSSR count). The highest BCUT2D eigenvalue weighted by atomic mass is 31.2. The summed E-state index contributed by atoms with van der Waals surface area (Å²) in [6, 6.07) is 0. The van der Waals surface area contributed by atoms with Crippen molar-refractivity contribution in [1.82, 2.24) is 0 Å². The van der Waals surface area contributed by atoms with Gasteiger partial charge < -0.3 is 47.0 Å². The summed E-state index contributed by atoms with van der Waals surface area (Å²) < 4.78 is 63.3. The van der Waals surface area contributed by atoms with Gasteiger partial charge in [0.25, 0.3) is 15.6 Å². The zero-order chi connectivity index (χ0) is 28.3. The van der Waals surface area contributed by atoms with Crippen LogP contribution in [0.5, 0.6) is 0 Å². The summed E-state index contributed by atoms with van der Waals surface area (Å²) in [6.07, 6.45) is 4.61. The molecule has 38 heavy (non-hydrogen) atoms. The van der Waals surface area contributed by atoms with Crippen molar-refractivity contribution in [3.63, 3.8) is 0 Å². The van der Waals surface area contributed by atoms with Gasteiger partial charge in [0.05, 0.1) is 24.9 Å². The van der Waals surface area contributed by atoms with E-state index in [1.165, 1.54) is 12.2 Å². The minimum Gasteiger partial charge on any atom is -0.779 e. The van der Waals surface area contributed by atoms with E-state index in [-0.39, 0.29) is 37.2 Å². The molecule has 15 heteroatoms. The topological polar surface area (TPSA) is 187 Å². The Morgan fingerprint density at radius 2 is 1.05 bits per heavy atom. The molecule has 0 heterocycles. The molecule has 0 spiro atoms. The third-order valence-corrected chi connectivity index (χ3v) is 9.25. The molecule has 0 amide bonds. The van der Waals surface area contributed by atoms with Crippen LogP contribution in [-0.2, 0) is 36.3 Å². The Labute approximate surface area is 223 Å². The maximum atomic E-state index is 12.9. The van der Waals surface area contributed by atoms with E-state index in [0.717, 1.165) is 6.66 Å². The van der Waals surface area contributed by atoms with Crippen molar-refractivity contribution in [2.75, 3.05) is 13.3 Å². The average molecular weight is 597 g/mol. The number of rotatable bonds is 11. The second-order valence-electron chi connectivity index (χ2n) is 10.4. The smallest absolute Gasteiger partial charge is 0.268 e. The van der Waals surface area contributed by atoms with Crippen molar-refractivity contribution >= 4 is 23.2 Å². The van der Waals surface area contributed by atoms with Crippen LogP contribution in [0.15, 0.2) is 36.5 Å². The SMILES string of the molecule is CC1C=CC(CO)C(OP(=O)([O-])OC2C=CC(C)CC2OP(=O)([O-])OC2C=CC(C)CC2OP(C)(=O)[O-])C1.